The zero-order chi connectivity index (χ0) is 30.4. The molecule has 0 spiro atoms. The van der Waals surface area contributed by atoms with E-state index in [9.17, 15) is 18.0 Å². The largest absolute Gasteiger partial charge is 0.493 e. The third-order valence-electron chi connectivity index (χ3n) is 6.20. The van der Waals surface area contributed by atoms with Gasteiger partial charge in [-0.05, 0) is 69.7 Å². The number of hydrogen-bond acceptors (Lipinski definition) is 6. The Balaban J connectivity index is 2.04. The van der Waals surface area contributed by atoms with Gasteiger partial charge in [0.2, 0.25) is 11.8 Å². The smallest absolute Gasteiger partial charge is 0.264 e. The van der Waals surface area contributed by atoms with Crippen molar-refractivity contribution in [3.63, 3.8) is 0 Å². The molecule has 0 aliphatic rings. The maximum absolute atomic E-state index is 14.0. The van der Waals surface area contributed by atoms with Crippen molar-refractivity contribution in [2.75, 3.05) is 25.1 Å². The maximum atomic E-state index is 14.0. The van der Waals surface area contributed by atoms with Crippen LogP contribution in [0.25, 0.3) is 0 Å². The highest BCUT2D eigenvalue weighted by Gasteiger charge is 2.33. The van der Waals surface area contributed by atoms with E-state index in [1.165, 1.54) is 37.3 Å². The predicted molar refractivity (Wildman–Crippen MR) is 163 cm³/mol. The minimum Gasteiger partial charge on any atom is -0.493 e. The Morgan fingerprint density at radius 1 is 0.927 bits per heavy atom. The third-order valence-corrected chi connectivity index (χ3v) is 8.50. The minimum absolute atomic E-state index is 0.0789. The van der Waals surface area contributed by atoms with Crippen molar-refractivity contribution in [3.8, 4) is 11.5 Å². The quantitative estimate of drug-likeness (QED) is 0.315. The Bertz CT molecular complexity index is 1460. The van der Waals surface area contributed by atoms with Crippen LogP contribution in [0.3, 0.4) is 0 Å². The van der Waals surface area contributed by atoms with Crippen LogP contribution in [0.1, 0.15) is 33.3 Å². The molecule has 0 aromatic heterocycles. The lowest BCUT2D eigenvalue weighted by Crippen LogP contribution is -2.54. The fourth-order valence-electron chi connectivity index (χ4n) is 4.07. The molecule has 3 aromatic carbocycles. The van der Waals surface area contributed by atoms with Gasteiger partial charge in [-0.25, -0.2) is 8.42 Å². The average molecular weight is 647 g/mol. The van der Waals surface area contributed by atoms with Crippen LogP contribution in [0.2, 0.25) is 0 Å². The van der Waals surface area contributed by atoms with Crippen molar-refractivity contribution in [2.45, 2.75) is 50.7 Å². The highest BCUT2D eigenvalue weighted by atomic mass is 79.9. The molecule has 11 heteroatoms. The topological polar surface area (TPSA) is 105 Å². The van der Waals surface area contributed by atoms with Crippen LogP contribution in [0.5, 0.6) is 11.5 Å². The summed E-state index contributed by atoms with van der Waals surface area (Å²) in [5.74, 6) is -0.292. The van der Waals surface area contributed by atoms with E-state index >= 15 is 0 Å². The van der Waals surface area contributed by atoms with Gasteiger partial charge >= 0.3 is 0 Å². The van der Waals surface area contributed by atoms with E-state index in [-0.39, 0.29) is 23.1 Å². The molecule has 0 bridgehead atoms. The second-order valence-corrected chi connectivity index (χ2v) is 13.2. The Morgan fingerprint density at radius 3 is 2.10 bits per heavy atom. The minimum atomic E-state index is -4.25. The number of nitrogens with zero attached hydrogens (tertiary/aromatic N) is 2. The number of benzene rings is 3. The molecule has 0 aliphatic heterocycles. The SMILES string of the molecule is COc1ccc(S(=O)(=O)N(CC(=O)N(Cc2ccc(Br)cc2)C(C)C(=O)NC(C)(C)C)c2ccccc2)cc1OC. The van der Waals surface area contributed by atoms with Crippen molar-refractivity contribution in [1.82, 2.24) is 10.2 Å². The number of nitrogens with one attached hydrogen (secondary N) is 1. The van der Waals surface area contributed by atoms with Gasteiger partial charge in [-0.15, -0.1) is 0 Å². The molecule has 0 fully saturated rings. The lowest BCUT2D eigenvalue weighted by molar-refractivity contribution is -0.140. The Morgan fingerprint density at radius 2 is 1.54 bits per heavy atom. The number of para-hydroxylation sites is 1. The molecule has 1 N–H and O–H groups in total. The maximum Gasteiger partial charge on any atom is 0.264 e. The van der Waals surface area contributed by atoms with Crippen molar-refractivity contribution < 1.29 is 27.5 Å². The lowest BCUT2D eigenvalue weighted by atomic mass is 10.1. The molecular formula is C30H36BrN3O6S. The molecule has 41 heavy (non-hydrogen) atoms. The second kappa shape index (κ2) is 13.4. The highest BCUT2D eigenvalue weighted by Crippen LogP contribution is 2.32. The molecule has 220 valence electrons. The van der Waals surface area contributed by atoms with Crippen molar-refractivity contribution >= 4 is 43.5 Å². The van der Waals surface area contributed by atoms with Gasteiger partial charge in [0.25, 0.3) is 10.0 Å². The van der Waals surface area contributed by atoms with Crippen LogP contribution in [-0.4, -0.2) is 57.5 Å². The zero-order valence-electron chi connectivity index (χ0n) is 24.0. The number of ether oxygens (including phenoxy) is 2. The Hall–Kier alpha value is -3.57. The van der Waals surface area contributed by atoms with Crippen LogP contribution in [0.4, 0.5) is 5.69 Å². The number of hydrogen-bond donors (Lipinski definition) is 1. The molecule has 0 radical (unpaired) electrons. The van der Waals surface area contributed by atoms with E-state index in [0.29, 0.717) is 11.4 Å². The van der Waals surface area contributed by atoms with Crippen molar-refractivity contribution in [1.29, 1.82) is 0 Å². The first-order chi connectivity index (χ1) is 19.3. The van der Waals surface area contributed by atoms with Gasteiger partial charge in [0.1, 0.15) is 12.6 Å². The molecule has 0 saturated carbocycles. The van der Waals surface area contributed by atoms with Crippen LogP contribution in [0, 0.1) is 0 Å². The number of halogens is 1. The Labute approximate surface area is 250 Å². The summed E-state index contributed by atoms with van der Waals surface area (Å²) in [6.07, 6.45) is 0. The number of anilines is 1. The Kier molecular flexibility index (Phi) is 10.4. The molecule has 1 atom stereocenters. The summed E-state index contributed by atoms with van der Waals surface area (Å²) in [5.41, 5.74) is 0.557. The number of carbonyl (C=O) groups is 2. The van der Waals surface area contributed by atoms with E-state index in [4.69, 9.17) is 9.47 Å². The molecule has 3 aromatic rings. The van der Waals surface area contributed by atoms with Gasteiger partial charge in [0, 0.05) is 22.6 Å². The number of rotatable bonds is 11. The summed E-state index contributed by atoms with van der Waals surface area (Å²) in [4.78, 5) is 28.5. The highest BCUT2D eigenvalue weighted by molar-refractivity contribution is 9.10. The normalized spacial score (nSPS) is 12.3. The molecule has 3 rings (SSSR count). The fraction of sp³-hybridized carbons (Fsp3) is 0.333. The van der Waals surface area contributed by atoms with E-state index in [1.807, 2.05) is 45.0 Å². The van der Waals surface area contributed by atoms with E-state index in [2.05, 4.69) is 21.2 Å². The molecule has 0 saturated heterocycles. The summed E-state index contributed by atoms with van der Waals surface area (Å²) in [5, 5.41) is 2.92. The predicted octanol–water partition coefficient (Wildman–Crippen LogP) is 4.99. The van der Waals surface area contributed by atoms with Gasteiger partial charge in [-0.3, -0.25) is 13.9 Å². The summed E-state index contributed by atoms with van der Waals surface area (Å²) in [6, 6.07) is 19.1. The molecule has 2 amide bonds. The van der Waals surface area contributed by atoms with Gasteiger partial charge < -0.3 is 19.7 Å². The first-order valence-corrected chi connectivity index (χ1v) is 15.2. The van der Waals surface area contributed by atoms with Gasteiger partial charge in [0.15, 0.2) is 11.5 Å². The molecule has 0 aliphatic carbocycles. The number of amides is 2. The summed E-state index contributed by atoms with van der Waals surface area (Å²) in [7, 11) is -1.38. The number of methoxy groups -OCH3 is 2. The number of carbonyl (C=O) groups excluding carboxylic acids is 2. The molecule has 0 heterocycles. The monoisotopic (exact) mass is 645 g/mol. The zero-order valence-corrected chi connectivity index (χ0v) is 26.5. The second-order valence-electron chi connectivity index (χ2n) is 10.4. The average Bonchev–Trinajstić information content (AvgIpc) is 2.94. The summed E-state index contributed by atoms with van der Waals surface area (Å²) >= 11 is 3.41. The fourth-order valence-corrected chi connectivity index (χ4v) is 5.76. The van der Waals surface area contributed by atoms with Crippen molar-refractivity contribution in [2.24, 2.45) is 0 Å². The molecule has 9 nitrogen and oxygen atoms in total. The summed E-state index contributed by atoms with van der Waals surface area (Å²) < 4.78 is 40.5. The third kappa shape index (κ3) is 8.23. The molecular weight excluding hydrogens is 610 g/mol. The lowest BCUT2D eigenvalue weighted by Gasteiger charge is -2.33. The first-order valence-electron chi connectivity index (χ1n) is 12.9. The molecule has 1 unspecified atom stereocenters. The van der Waals surface area contributed by atoms with Crippen molar-refractivity contribution in [3.05, 3.63) is 82.8 Å². The number of sulfonamides is 1. The van der Waals surface area contributed by atoms with Crippen LogP contribution in [-0.2, 0) is 26.2 Å². The van der Waals surface area contributed by atoms with Gasteiger partial charge in [0.05, 0.1) is 24.8 Å². The van der Waals surface area contributed by atoms with Crippen LogP contribution >= 0.6 is 15.9 Å². The standard InChI is InChI=1S/C30H36BrN3O6S/c1-21(29(36)32-30(2,3)4)33(19-22-12-14-23(31)15-13-22)28(35)20-34(24-10-8-7-9-11-24)41(37,38)25-16-17-26(39-5)27(18-25)40-6/h7-18,21H,19-20H2,1-6H3,(H,32,36). The van der Waals surface area contributed by atoms with E-state index < -0.39 is 34.1 Å². The van der Waals surface area contributed by atoms with Gasteiger partial charge in [-0.1, -0.05) is 46.3 Å². The summed E-state index contributed by atoms with van der Waals surface area (Å²) in [6.45, 7) is 6.75. The van der Waals surface area contributed by atoms with Gasteiger partial charge in [-0.2, -0.15) is 0 Å². The first kappa shape index (κ1) is 32.0. The van der Waals surface area contributed by atoms with E-state index in [1.54, 1.807) is 37.3 Å². The van der Waals surface area contributed by atoms with E-state index in [0.717, 1.165) is 14.3 Å². The van der Waals surface area contributed by atoms with Crippen LogP contribution < -0.4 is 19.1 Å². The van der Waals surface area contributed by atoms with Crippen LogP contribution in [0.15, 0.2) is 82.2 Å².